The molecule has 0 amide bonds. The van der Waals surface area contributed by atoms with Gasteiger partial charge in [-0.1, -0.05) is 0 Å². The first-order chi connectivity index (χ1) is 7.22. The third kappa shape index (κ3) is 5.66. The lowest BCUT2D eigenvalue weighted by molar-refractivity contribution is 0.333. The van der Waals surface area contributed by atoms with E-state index in [-0.39, 0.29) is 0 Å². The molecule has 0 unspecified atom stereocenters. The van der Waals surface area contributed by atoms with Crippen LogP contribution in [0.2, 0.25) is 0 Å². The van der Waals surface area contributed by atoms with Gasteiger partial charge in [0.15, 0.2) is 0 Å². The number of nitrogens with one attached hydrogen (secondary N) is 1. The highest BCUT2D eigenvalue weighted by Gasteiger charge is 2.01. The van der Waals surface area contributed by atoms with Gasteiger partial charge in [0.05, 0.1) is 0 Å². The Hall–Kier alpha value is 0.1000. The Morgan fingerprint density at radius 1 is 1.47 bits per heavy atom. The molecule has 0 fully saturated rings. The Balaban J connectivity index is 2.13. The van der Waals surface area contributed by atoms with Crippen LogP contribution in [0.3, 0.4) is 0 Å². The molecule has 0 aliphatic heterocycles. The van der Waals surface area contributed by atoms with Crippen molar-refractivity contribution in [2.75, 3.05) is 33.7 Å². The van der Waals surface area contributed by atoms with Gasteiger partial charge in [0, 0.05) is 21.3 Å². The van der Waals surface area contributed by atoms with Gasteiger partial charge in [-0.15, -0.1) is 11.3 Å². The van der Waals surface area contributed by atoms with Gasteiger partial charge in [-0.3, -0.25) is 0 Å². The molecular formula is C11H19BrN2S. The van der Waals surface area contributed by atoms with Crippen molar-refractivity contribution in [1.29, 1.82) is 0 Å². The molecule has 0 radical (unpaired) electrons. The highest BCUT2D eigenvalue weighted by molar-refractivity contribution is 9.10. The number of nitrogens with zero attached hydrogens (tertiary/aromatic N) is 1. The van der Waals surface area contributed by atoms with E-state index in [0.29, 0.717) is 0 Å². The smallest absolute Gasteiger partial charge is 0.0285 e. The molecule has 1 aromatic heterocycles. The maximum absolute atomic E-state index is 3.48. The Kier molecular flexibility index (Phi) is 6.48. The predicted molar refractivity (Wildman–Crippen MR) is 71.8 cm³/mol. The quantitative estimate of drug-likeness (QED) is 0.777. The number of hydrogen-bond acceptors (Lipinski definition) is 3. The van der Waals surface area contributed by atoms with Crippen molar-refractivity contribution in [3.63, 3.8) is 0 Å². The monoisotopic (exact) mass is 290 g/mol. The van der Waals surface area contributed by atoms with E-state index in [1.807, 2.05) is 18.4 Å². The van der Waals surface area contributed by atoms with Crippen molar-refractivity contribution >= 4 is 27.3 Å². The molecule has 1 heterocycles. The van der Waals surface area contributed by atoms with Gasteiger partial charge < -0.3 is 10.2 Å². The summed E-state index contributed by atoms with van der Waals surface area (Å²) in [5.41, 5.74) is 0. The van der Waals surface area contributed by atoms with Crippen molar-refractivity contribution in [3.05, 3.63) is 20.8 Å². The van der Waals surface area contributed by atoms with Crippen LogP contribution in [-0.4, -0.2) is 38.6 Å². The summed E-state index contributed by atoms with van der Waals surface area (Å²) in [5.74, 6) is 0. The predicted octanol–water partition coefficient (Wildman–Crippen LogP) is 2.59. The summed E-state index contributed by atoms with van der Waals surface area (Å²) >= 11 is 5.31. The Morgan fingerprint density at radius 3 is 2.87 bits per heavy atom. The maximum Gasteiger partial charge on any atom is 0.0285 e. The number of likely N-dealkylation sites (N-methyl/N-ethyl adjacent to an activating group) is 1. The second-order valence-electron chi connectivity index (χ2n) is 3.74. The second kappa shape index (κ2) is 7.39. The Bertz CT molecular complexity index is 275. The average molecular weight is 291 g/mol. The molecule has 0 aromatic carbocycles. The summed E-state index contributed by atoms with van der Waals surface area (Å²) in [6, 6.07) is 2.21. The number of thiophene rings is 1. The number of halogens is 1. The zero-order valence-electron chi connectivity index (χ0n) is 9.42. The second-order valence-corrected chi connectivity index (χ2v) is 5.65. The van der Waals surface area contributed by atoms with E-state index in [1.54, 1.807) is 0 Å². The molecular weight excluding hydrogens is 272 g/mol. The van der Waals surface area contributed by atoms with Crippen LogP contribution in [0, 0.1) is 0 Å². The first-order valence-corrected chi connectivity index (χ1v) is 6.95. The normalized spacial score (nSPS) is 11.2. The molecule has 0 atom stereocenters. The minimum Gasteiger partial charge on any atom is -0.320 e. The van der Waals surface area contributed by atoms with Crippen molar-refractivity contribution in [2.45, 2.75) is 12.8 Å². The van der Waals surface area contributed by atoms with Gasteiger partial charge in [-0.25, -0.2) is 0 Å². The first-order valence-electron chi connectivity index (χ1n) is 5.28. The highest BCUT2D eigenvalue weighted by Crippen LogP contribution is 2.20. The van der Waals surface area contributed by atoms with Crippen molar-refractivity contribution in [1.82, 2.24) is 10.2 Å². The largest absolute Gasteiger partial charge is 0.320 e. The van der Waals surface area contributed by atoms with Gasteiger partial charge >= 0.3 is 0 Å². The number of rotatable bonds is 7. The molecule has 0 aliphatic rings. The fraction of sp³-hybridized carbons (Fsp3) is 0.636. The SMILES string of the molecule is CNCCCN(C)CCc1cc(Br)cs1. The Labute approximate surface area is 105 Å². The fourth-order valence-corrected chi connectivity index (χ4v) is 2.87. The van der Waals surface area contributed by atoms with Crippen LogP contribution in [0.25, 0.3) is 0 Å². The van der Waals surface area contributed by atoms with E-state index >= 15 is 0 Å². The molecule has 0 saturated carbocycles. The molecule has 0 spiro atoms. The lowest BCUT2D eigenvalue weighted by Crippen LogP contribution is -2.24. The van der Waals surface area contributed by atoms with E-state index in [2.05, 4.69) is 44.6 Å². The third-order valence-corrected chi connectivity index (χ3v) is 4.09. The van der Waals surface area contributed by atoms with Crippen LogP contribution in [-0.2, 0) is 6.42 Å². The van der Waals surface area contributed by atoms with Gasteiger partial charge in [0.2, 0.25) is 0 Å². The highest BCUT2D eigenvalue weighted by atomic mass is 79.9. The van der Waals surface area contributed by atoms with Crippen molar-refractivity contribution in [2.24, 2.45) is 0 Å². The first kappa shape index (κ1) is 13.2. The fourth-order valence-electron chi connectivity index (χ4n) is 1.42. The minimum atomic E-state index is 1.11. The molecule has 0 saturated heterocycles. The summed E-state index contributed by atoms with van der Waals surface area (Å²) in [7, 11) is 4.20. The molecule has 15 heavy (non-hydrogen) atoms. The van der Waals surface area contributed by atoms with Crippen LogP contribution in [0.4, 0.5) is 0 Å². The van der Waals surface area contributed by atoms with Crippen LogP contribution >= 0.6 is 27.3 Å². The molecule has 2 nitrogen and oxygen atoms in total. The van der Waals surface area contributed by atoms with Gasteiger partial charge in [-0.2, -0.15) is 0 Å². The van der Waals surface area contributed by atoms with Crippen LogP contribution < -0.4 is 5.32 Å². The van der Waals surface area contributed by atoms with Crippen molar-refractivity contribution in [3.8, 4) is 0 Å². The topological polar surface area (TPSA) is 15.3 Å². The minimum absolute atomic E-state index is 1.11. The zero-order valence-corrected chi connectivity index (χ0v) is 11.8. The summed E-state index contributed by atoms with van der Waals surface area (Å²) in [5, 5.41) is 5.32. The lowest BCUT2D eigenvalue weighted by Gasteiger charge is -2.15. The van der Waals surface area contributed by atoms with Crippen LogP contribution in [0.1, 0.15) is 11.3 Å². The maximum atomic E-state index is 3.48. The molecule has 1 rings (SSSR count). The van der Waals surface area contributed by atoms with E-state index in [1.165, 1.54) is 22.3 Å². The molecule has 4 heteroatoms. The summed E-state index contributed by atoms with van der Waals surface area (Å²) < 4.78 is 1.21. The zero-order chi connectivity index (χ0) is 11.1. The van der Waals surface area contributed by atoms with Gasteiger partial charge in [-0.05, 0) is 62.0 Å². The van der Waals surface area contributed by atoms with E-state index in [0.717, 1.165) is 19.5 Å². The van der Waals surface area contributed by atoms with Gasteiger partial charge in [0.25, 0.3) is 0 Å². The standard InChI is InChI=1S/C11H19BrN2S/c1-13-5-3-6-14(2)7-4-11-8-10(12)9-15-11/h8-9,13H,3-7H2,1-2H3. The molecule has 1 N–H and O–H groups in total. The molecule has 86 valence electrons. The van der Waals surface area contributed by atoms with Gasteiger partial charge in [0.1, 0.15) is 0 Å². The van der Waals surface area contributed by atoms with E-state index in [9.17, 15) is 0 Å². The average Bonchev–Trinajstić information content (AvgIpc) is 2.62. The van der Waals surface area contributed by atoms with E-state index < -0.39 is 0 Å². The van der Waals surface area contributed by atoms with E-state index in [4.69, 9.17) is 0 Å². The third-order valence-electron chi connectivity index (χ3n) is 2.33. The molecule has 0 bridgehead atoms. The lowest BCUT2D eigenvalue weighted by atomic mass is 10.3. The Morgan fingerprint density at radius 2 is 2.27 bits per heavy atom. The van der Waals surface area contributed by atoms with Crippen LogP contribution in [0.15, 0.2) is 15.9 Å². The number of hydrogen-bond donors (Lipinski definition) is 1. The summed E-state index contributed by atoms with van der Waals surface area (Å²) in [4.78, 5) is 3.85. The summed E-state index contributed by atoms with van der Waals surface area (Å²) in [6.07, 6.45) is 2.38. The summed E-state index contributed by atoms with van der Waals surface area (Å²) in [6.45, 7) is 3.43. The molecule has 0 aliphatic carbocycles. The van der Waals surface area contributed by atoms with Crippen LogP contribution in [0.5, 0.6) is 0 Å². The van der Waals surface area contributed by atoms with Crippen molar-refractivity contribution < 1.29 is 0 Å². The molecule has 1 aromatic rings.